The number of aromatic hydroxyl groups is 1. The smallest absolute Gasteiger partial charge is 0.141 e. The molecule has 4 aromatic carbocycles. The molecule has 0 amide bonds. The third-order valence-electron chi connectivity index (χ3n) is 7.50. The molecule has 7 rings (SSSR count). The second kappa shape index (κ2) is 9.54. The van der Waals surface area contributed by atoms with Crippen LogP contribution in [0, 0.1) is 0 Å². The average molecular weight is 521 g/mol. The summed E-state index contributed by atoms with van der Waals surface area (Å²) in [6, 6.07) is 39.1. The first-order chi connectivity index (χ1) is 19.6. The first kappa shape index (κ1) is 23.9. The molecule has 194 valence electrons. The quantitative estimate of drug-likeness (QED) is 0.250. The van der Waals surface area contributed by atoms with E-state index in [1.54, 1.807) is 6.07 Å². The van der Waals surface area contributed by atoms with Crippen LogP contribution in [0.4, 0.5) is 34.3 Å². The summed E-state index contributed by atoms with van der Waals surface area (Å²) >= 11 is 0. The number of rotatable bonds is 4. The number of para-hydroxylation sites is 4. The van der Waals surface area contributed by atoms with Gasteiger partial charge in [0.05, 0.1) is 28.4 Å². The number of fused-ring (bicyclic) bond motifs is 3. The molecule has 1 N–H and O–H groups in total. The van der Waals surface area contributed by atoms with E-state index in [2.05, 4.69) is 103 Å². The lowest BCUT2D eigenvalue weighted by Crippen LogP contribution is -2.24. The Hall–Kier alpha value is -5.16. The van der Waals surface area contributed by atoms with Crippen LogP contribution in [0.3, 0.4) is 0 Å². The van der Waals surface area contributed by atoms with Crippen molar-refractivity contribution in [1.82, 2.24) is 9.97 Å². The summed E-state index contributed by atoms with van der Waals surface area (Å²) in [6.07, 6.45) is 1.90. The SMILES string of the molecule is CC(C)c1ccnc(N2c3ccccc3N(c3ccccc3)c3ccc(-c4ccc5cccc(O)c5n4)cc32)c1. The third-order valence-corrected chi connectivity index (χ3v) is 7.50. The number of benzene rings is 4. The van der Waals surface area contributed by atoms with E-state index in [1.165, 1.54) is 5.56 Å². The predicted molar refractivity (Wildman–Crippen MR) is 164 cm³/mol. The highest BCUT2D eigenvalue weighted by molar-refractivity contribution is 6.02. The maximum atomic E-state index is 10.5. The molecular formula is C35H28N4O. The fraction of sp³-hybridized carbons (Fsp3) is 0.0857. The molecule has 1 aliphatic heterocycles. The van der Waals surface area contributed by atoms with Gasteiger partial charge in [-0.25, -0.2) is 9.97 Å². The molecule has 0 spiro atoms. The molecule has 0 atom stereocenters. The molecule has 1 aliphatic rings. The molecule has 2 aromatic heterocycles. The zero-order chi connectivity index (χ0) is 27.2. The van der Waals surface area contributed by atoms with E-state index in [4.69, 9.17) is 9.97 Å². The highest BCUT2D eigenvalue weighted by Gasteiger charge is 2.31. The summed E-state index contributed by atoms with van der Waals surface area (Å²) in [6.45, 7) is 4.40. The molecule has 5 nitrogen and oxygen atoms in total. The Kier molecular flexibility index (Phi) is 5.71. The van der Waals surface area contributed by atoms with Gasteiger partial charge in [0, 0.05) is 22.8 Å². The molecule has 0 unspecified atom stereocenters. The number of pyridine rings is 2. The Balaban J connectivity index is 1.48. The number of phenolic OH excluding ortho intramolecular Hbond substituents is 1. The van der Waals surface area contributed by atoms with E-state index < -0.39 is 0 Å². The van der Waals surface area contributed by atoms with Crippen LogP contribution in [0.5, 0.6) is 5.75 Å². The Morgan fingerprint density at radius 1 is 0.650 bits per heavy atom. The van der Waals surface area contributed by atoms with Crippen molar-refractivity contribution < 1.29 is 5.11 Å². The predicted octanol–water partition coefficient (Wildman–Crippen LogP) is 9.38. The molecule has 0 radical (unpaired) electrons. The number of hydrogen-bond acceptors (Lipinski definition) is 5. The van der Waals surface area contributed by atoms with Crippen LogP contribution in [0.15, 0.2) is 121 Å². The van der Waals surface area contributed by atoms with E-state index in [1.807, 2.05) is 36.5 Å². The highest BCUT2D eigenvalue weighted by Crippen LogP contribution is 2.54. The number of anilines is 6. The summed E-state index contributed by atoms with van der Waals surface area (Å²) in [5, 5.41) is 11.4. The van der Waals surface area contributed by atoms with Crippen molar-refractivity contribution in [1.29, 1.82) is 0 Å². The van der Waals surface area contributed by atoms with Crippen LogP contribution in [0.2, 0.25) is 0 Å². The van der Waals surface area contributed by atoms with Crippen molar-refractivity contribution in [2.75, 3.05) is 9.80 Å². The van der Waals surface area contributed by atoms with Crippen molar-refractivity contribution in [3.63, 3.8) is 0 Å². The van der Waals surface area contributed by atoms with E-state index in [0.29, 0.717) is 11.4 Å². The lowest BCUT2D eigenvalue weighted by molar-refractivity contribution is 0.480. The van der Waals surface area contributed by atoms with Crippen molar-refractivity contribution in [2.24, 2.45) is 0 Å². The molecule has 0 aliphatic carbocycles. The van der Waals surface area contributed by atoms with E-state index in [0.717, 1.165) is 50.9 Å². The zero-order valence-corrected chi connectivity index (χ0v) is 22.4. The molecule has 0 fully saturated rings. The van der Waals surface area contributed by atoms with Crippen LogP contribution in [0.25, 0.3) is 22.2 Å². The molecule has 40 heavy (non-hydrogen) atoms. The Morgan fingerprint density at radius 3 is 2.20 bits per heavy atom. The molecule has 0 saturated carbocycles. The number of aromatic nitrogens is 2. The van der Waals surface area contributed by atoms with Crippen molar-refractivity contribution in [2.45, 2.75) is 19.8 Å². The highest BCUT2D eigenvalue weighted by atomic mass is 16.3. The maximum absolute atomic E-state index is 10.5. The molecular weight excluding hydrogens is 492 g/mol. The minimum atomic E-state index is 0.179. The van der Waals surface area contributed by atoms with Gasteiger partial charge in [-0.05, 0) is 72.1 Å². The Labute approximate surface area is 233 Å². The van der Waals surface area contributed by atoms with E-state index >= 15 is 0 Å². The van der Waals surface area contributed by atoms with Gasteiger partial charge in [-0.1, -0.05) is 68.4 Å². The molecule has 0 saturated heterocycles. The van der Waals surface area contributed by atoms with Gasteiger partial charge < -0.3 is 10.0 Å². The monoisotopic (exact) mass is 520 g/mol. The van der Waals surface area contributed by atoms with Crippen molar-refractivity contribution >= 4 is 45.2 Å². The Bertz CT molecular complexity index is 1870. The van der Waals surface area contributed by atoms with Crippen LogP contribution >= 0.6 is 0 Å². The number of hydrogen-bond donors (Lipinski definition) is 1. The lowest BCUT2D eigenvalue weighted by atomic mass is 10.0. The van der Waals surface area contributed by atoms with Crippen LogP contribution in [-0.4, -0.2) is 15.1 Å². The van der Waals surface area contributed by atoms with Gasteiger partial charge >= 0.3 is 0 Å². The standard InChI is InChI=1S/C35H28N4O/c1-23(2)25-19-20-36-34(22-25)39-30-13-7-6-12-29(30)38(27-10-4-3-5-11-27)31-18-16-26(21-32(31)39)28-17-15-24-9-8-14-33(40)35(24)37-28/h3-23,40H,1-2H3. The average Bonchev–Trinajstić information content (AvgIpc) is 3.00. The van der Waals surface area contributed by atoms with E-state index in [9.17, 15) is 5.11 Å². The zero-order valence-electron chi connectivity index (χ0n) is 22.4. The second-order valence-corrected chi connectivity index (χ2v) is 10.3. The van der Waals surface area contributed by atoms with Gasteiger partial charge in [-0.15, -0.1) is 0 Å². The molecule has 0 bridgehead atoms. The van der Waals surface area contributed by atoms with Gasteiger partial charge in [0.15, 0.2) is 0 Å². The topological polar surface area (TPSA) is 52.5 Å². The van der Waals surface area contributed by atoms with Crippen LogP contribution in [0.1, 0.15) is 25.3 Å². The van der Waals surface area contributed by atoms with Crippen molar-refractivity contribution in [3.05, 3.63) is 127 Å². The molecule has 6 aromatic rings. The summed E-state index contributed by atoms with van der Waals surface area (Å²) in [5.41, 5.74) is 8.86. The summed E-state index contributed by atoms with van der Waals surface area (Å²) in [7, 11) is 0. The lowest BCUT2D eigenvalue weighted by Gasteiger charge is -2.40. The Morgan fingerprint density at radius 2 is 1.40 bits per heavy atom. The minimum absolute atomic E-state index is 0.179. The number of nitrogens with zero attached hydrogens (tertiary/aromatic N) is 4. The normalized spacial score (nSPS) is 12.5. The van der Waals surface area contributed by atoms with Crippen LogP contribution < -0.4 is 9.80 Å². The van der Waals surface area contributed by atoms with Crippen LogP contribution in [-0.2, 0) is 0 Å². The first-order valence-corrected chi connectivity index (χ1v) is 13.5. The van der Waals surface area contributed by atoms with Gasteiger partial charge in [0.25, 0.3) is 0 Å². The maximum Gasteiger partial charge on any atom is 0.141 e. The van der Waals surface area contributed by atoms with Gasteiger partial charge in [-0.3, -0.25) is 4.90 Å². The fourth-order valence-corrected chi connectivity index (χ4v) is 5.46. The number of phenols is 1. The molecule has 5 heteroatoms. The summed E-state index contributed by atoms with van der Waals surface area (Å²) in [4.78, 5) is 14.3. The van der Waals surface area contributed by atoms with Gasteiger partial charge in [0.2, 0.25) is 0 Å². The molecule has 3 heterocycles. The van der Waals surface area contributed by atoms with Gasteiger partial charge in [-0.2, -0.15) is 0 Å². The first-order valence-electron chi connectivity index (χ1n) is 13.5. The van der Waals surface area contributed by atoms with Crippen molar-refractivity contribution in [3.8, 4) is 17.0 Å². The fourth-order valence-electron chi connectivity index (χ4n) is 5.46. The minimum Gasteiger partial charge on any atom is -0.506 e. The summed E-state index contributed by atoms with van der Waals surface area (Å²) < 4.78 is 0. The van der Waals surface area contributed by atoms with Gasteiger partial charge in [0.1, 0.15) is 17.1 Å². The summed E-state index contributed by atoms with van der Waals surface area (Å²) in [5.74, 6) is 1.43. The third kappa shape index (κ3) is 3.95. The van der Waals surface area contributed by atoms with E-state index in [-0.39, 0.29) is 5.75 Å². The largest absolute Gasteiger partial charge is 0.506 e. The second-order valence-electron chi connectivity index (χ2n) is 10.3.